The maximum Gasteiger partial charge on any atom is 0.303 e. The van der Waals surface area contributed by atoms with E-state index in [1.165, 1.54) is 0 Å². The predicted octanol–water partition coefficient (Wildman–Crippen LogP) is 2.16. The third-order valence-electron chi connectivity index (χ3n) is 4.51. The minimum atomic E-state index is -0.764. The number of aliphatic carboxylic acids is 1. The third kappa shape index (κ3) is 6.04. The van der Waals surface area contributed by atoms with Crippen molar-refractivity contribution in [2.45, 2.75) is 65.8 Å². The van der Waals surface area contributed by atoms with E-state index in [0.29, 0.717) is 13.0 Å². The Hall–Kier alpha value is -1.10. The van der Waals surface area contributed by atoms with Gasteiger partial charge in [-0.25, -0.2) is 0 Å². The Balaban J connectivity index is 2.37. The first-order chi connectivity index (χ1) is 9.64. The van der Waals surface area contributed by atoms with E-state index in [0.717, 1.165) is 25.8 Å². The molecule has 3 N–H and O–H groups in total. The lowest BCUT2D eigenvalue weighted by Gasteiger charge is -2.38. The molecular formula is C16H30N2O3. The maximum atomic E-state index is 12.3. The van der Waals surface area contributed by atoms with Gasteiger partial charge >= 0.3 is 5.97 Å². The van der Waals surface area contributed by atoms with Crippen molar-refractivity contribution in [3.05, 3.63) is 0 Å². The molecule has 0 saturated carbocycles. The predicted molar refractivity (Wildman–Crippen MR) is 83.1 cm³/mol. The van der Waals surface area contributed by atoms with E-state index >= 15 is 0 Å². The van der Waals surface area contributed by atoms with Gasteiger partial charge < -0.3 is 15.7 Å². The zero-order chi connectivity index (χ0) is 16.1. The van der Waals surface area contributed by atoms with Gasteiger partial charge in [-0.1, -0.05) is 27.7 Å². The fraction of sp³-hybridized carbons (Fsp3) is 0.875. The topological polar surface area (TPSA) is 78.4 Å². The molecule has 0 bridgehead atoms. The highest BCUT2D eigenvalue weighted by molar-refractivity contribution is 5.82. The van der Waals surface area contributed by atoms with Gasteiger partial charge in [0.15, 0.2) is 0 Å². The fourth-order valence-corrected chi connectivity index (χ4v) is 2.86. The van der Waals surface area contributed by atoms with Crippen molar-refractivity contribution < 1.29 is 14.7 Å². The minimum Gasteiger partial charge on any atom is -0.481 e. The minimum absolute atomic E-state index is 0.0127. The van der Waals surface area contributed by atoms with Crippen LogP contribution >= 0.6 is 0 Å². The number of piperidine rings is 1. The molecule has 1 unspecified atom stereocenters. The highest BCUT2D eigenvalue weighted by atomic mass is 16.4. The van der Waals surface area contributed by atoms with Crippen LogP contribution in [0.3, 0.4) is 0 Å². The Labute approximate surface area is 127 Å². The van der Waals surface area contributed by atoms with Gasteiger partial charge in [-0.05, 0) is 43.1 Å². The Morgan fingerprint density at radius 2 is 2.00 bits per heavy atom. The van der Waals surface area contributed by atoms with Gasteiger partial charge in [0, 0.05) is 13.0 Å². The normalized spacial score (nSPS) is 21.8. The van der Waals surface area contributed by atoms with Gasteiger partial charge in [0.25, 0.3) is 0 Å². The lowest BCUT2D eigenvalue weighted by molar-refractivity contribution is -0.137. The molecule has 122 valence electrons. The van der Waals surface area contributed by atoms with Crippen LogP contribution in [0.5, 0.6) is 0 Å². The summed E-state index contributed by atoms with van der Waals surface area (Å²) in [5, 5.41) is 15.1. The van der Waals surface area contributed by atoms with Crippen molar-refractivity contribution in [3.63, 3.8) is 0 Å². The standard InChI is InChI=1S/C16H30N2O3/c1-15(2,8-6-12(19)20)9-11-18-14(21)13-16(3,4)7-5-10-17-13/h13,17H,5-11H2,1-4H3,(H,18,21)(H,19,20). The molecule has 1 saturated heterocycles. The average Bonchev–Trinajstić information content (AvgIpc) is 2.35. The van der Waals surface area contributed by atoms with Crippen molar-refractivity contribution in [1.29, 1.82) is 0 Å². The van der Waals surface area contributed by atoms with E-state index in [-0.39, 0.29) is 29.2 Å². The molecule has 0 aliphatic carbocycles. The number of carboxylic acids is 1. The first-order valence-electron chi connectivity index (χ1n) is 7.87. The first kappa shape index (κ1) is 18.0. The molecule has 1 aliphatic heterocycles. The van der Waals surface area contributed by atoms with Crippen molar-refractivity contribution in [3.8, 4) is 0 Å². The molecule has 0 aromatic carbocycles. The largest absolute Gasteiger partial charge is 0.481 e. The molecule has 1 fully saturated rings. The molecule has 0 radical (unpaired) electrons. The van der Waals surface area contributed by atoms with Gasteiger partial charge in [-0.15, -0.1) is 0 Å². The summed E-state index contributed by atoms with van der Waals surface area (Å²) >= 11 is 0. The maximum absolute atomic E-state index is 12.3. The summed E-state index contributed by atoms with van der Waals surface area (Å²) in [6.45, 7) is 9.83. The Morgan fingerprint density at radius 3 is 2.57 bits per heavy atom. The van der Waals surface area contributed by atoms with Crippen molar-refractivity contribution in [2.24, 2.45) is 10.8 Å². The molecule has 1 atom stereocenters. The smallest absolute Gasteiger partial charge is 0.303 e. The summed E-state index contributed by atoms with van der Waals surface area (Å²) in [4.78, 5) is 22.9. The van der Waals surface area contributed by atoms with Crippen LogP contribution in [0.1, 0.15) is 59.8 Å². The van der Waals surface area contributed by atoms with Gasteiger partial charge in [-0.3, -0.25) is 9.59 Å². The molecule has 0 spiro atoms. The summed E-state index contributed by atoms with van der Waals surface area (Å²) in [7, 11) is 0. The number of carboxylic acid groups (broad SMARTS) is 1. The van der Waals surface area contributed by atoms with Crippen LogP contribution in [0.2, 0.25) is 0 Å². The second kappa shape index (κ2) is 7.25. The van der Waals surface area contributed by atoms with Crippen LogP contribution in [-0.4, -0.2) is 36.1 Å². The molecule has 1 heterocycles. The van der Waals surface area contributed by atoms with E-state index in [1.54, 1.807) is 0 Å². The number of rotatable bonds is 7. The molecule has 5 nitrogen and oxygen atoms in total. The molecule has 5 heteroatoms. The average molecular weight is 298 g/mol. The first-order valence-corrected chi connectivity index (χ1v) is 7.87. The summed E-state index contributed by atoms with van der Waals surface area (Å²) in [5.74, 6) is -0.700. The molecule has 0 aromatic rings. The molecule has 1 aliphatic rings. The molecule has 21 heavy (non-hydrogen) atoms. The molecule has 1 amide bonds. The summed E-state index contributed by atoms with van der Waals surface area (Å²) in [5.41, 5.74) is -0.0810. The second-order valence-electron chi connectivity index (χ2n) is 7.58. The monoisotopic (exact) mass is 298 g/mol. The van der Waals surface area contributed by atoms with Crippen molar-refractivity contribution in [2.75, 3.05) is 13.1 Å². The molecular weight excluding hydrogens is 268 g/mol. The van der Waals surface area contributed by atoms with Crippen molar-refractivity contribution in [1.82, 2.24) is 10.6 Å². The number of hydrogen-bond acceptors (Lipinski definition) is 3. The quantitative estimate of drug-likeness (QED) is 0.673. The number of carbonyl (C=O) groups excluding carboxylic acids is 1. The van der Waals surface area contributed by atoms with Gasteiger partial charge in [-0.2, -0.15) is 0 Å². The van der Waals surface area contributed by atoms with E-state index in [4.69, 9.17) is 5.11 Å². The summed E-state index contributed by atoms with van der Waals surface area (Å²) < 4.78 is 0. The van der Waals surface area contributed by atoms with E-state index < -0.39 is 5.97 Å². The Bertz CT molecular complexity index is 378. The molecule has 0 aromatic heterocycles. The van der Waals surface area contributed by atoms with Gasteiger partial charge in [0.05, 0.1) is 6.04 Å². The van der Waals surface area contributed by atoms with Crippen LogP contribution in [-0.2, 0) is 9.59 Å². The van der Waals surface area contributed by atoms with E-state index in [9.17, 15) is 9.59 Å². The second-order valence-corrected chi connectivity index (χ2v) is 7.58. The zero-order valence-electron chi connectivity index (χ0n) is 13.8. The van der Waals surface area contributed by atoms with Gasteiger partial charge in [0.2, 0.25) is 5.91 Å². The van der Waals surface area contributed by atoms with Crippen LogP contribution in [0.25, 0.3) is 0 Å². The Kier molecular flexibility index (Phi) is 6.20. The van der Waals surface area contributed by atoms with Crippen LogP contribution in [0, 0.1) is 10.8 Å². The summed E-state index contributed by atoms with van der Waals surface area (Å²) in [6, 6.07) is -0.131. The highest BCUT2D eigenvalue weighted by Crippen LogP contribution is 2.30. The van der Waals surface area contributed by atoms with Crippen LogP contribution in [0.4, 0.5) is 0 Å². The zero-order valence-corrected chi connectivity index (χ0v) is 13.8. The highest BCUT2D eigenvalue weighted by Gasteiger charge is 2.36. The van der Waals surface area contributed by atoms with Crippen molar-refractivity contribution >= 4 is 11.9 Å². The molecule has 1 rings (SSSR count). The Morgan fingerprint density at radius 1 is 1.33 bits per heavy atom. The SMILES string of the molecule is CC(C)(CCNC(=O)C1NCCCC1(C)C)CCC(=O)O. The van der Waals surface area contributed by atoms with E-state index in [2.05, 4.69) is 24.5 Å². The van der Waals surface area contributed by atoms with Gasteiger partial charge in [0.1, 0.15) is 0 Å². The number of carbonyl (C=O) groups is 2. The van der Waals surface area contributed by atoms with Crippen LogP contribution in [0.15, 0.2) is 0 Å². The fourth-order valence-electron chi connectivity index (χ4n) is 2.86. The lowest BCUT2D eigenvalue weighted by Crippen LogP contribution is -2.55. The third-order valence-corrected chi connectivity index (χ3v) is 4.51. The van der Waals surface area contributed by atoms with Crippen LogP contribution < -0.4 is 10.6 Å². The number of amides is 1. The number of nitrogens with one attached hydrogen (secondary N) is 2. The van der Waals surface area contributed by atoms with E-state index in [1.807, 2.05) is 13.8 Å². The summed E-state index contributed by atoms with van der Waals surface area (Å²) in [6.07, 6.45) is 3.77. The number of hydrogen-bond donors (Lipinski definition) is 3. The lowest BCUT2D eigenvalue weighted by atomic mass is 9.77.